The molecule has 1 amide bonds. The number of nitrogens with zero attached hydrogens (tertiary/aromatic N) is 7. The Morgan fingerprint density at radius 3 is 3.04 bits per heavy atom. The SMILES string of the molecule is Cc1ccnc2nc(C(=O)NCc3nnc4ccccn34)nn12. The van der Waals surface area contributed by atoms with Crippen molar-refractivity contribution in [2.45, 2.75) is 13.5 Å². The van der Waals surface area contributed by atoms with Crippen LogP contribution in [0.25, 0.3) is 11.4 Å². The molecule has 4 aromatic rings. The van der Waals surface area contributed by atoms with Crippen LogP contribution in [-0.2, 0) is 6.54 Å². The van der Waals surface area contributed by atoms with Gasteiger partial charge in [0.2, 0.25) is 5.82 Å². The van der Waals surface area contributed by atoms with Crippen molar-refractivity contribution >= 4 is 17.3 Å². The Morgan fingerprint density at radius 2 is 2.17 bits per heavy atom. The Morgan fingerprint density at radius 1 is 1.26 bits per heavy atom. The van der Waals surface area contributed by atoms with Crippen LogP contribution in [0.1, 0.15) is 22.1 Å². The second-order valence-electron chi connectivity index (χ2n) is 4.96. The molecule has 0 aliphatic heterocycles. The molecule has 0 unspecified atom stereocenters. The van der Waals surface area contributed by atoms with Crippen molar-refractivity contribution in [2.75, 3.05) is 0 Å². The monoisotopic (exact) mass is 308 g/mol. The highest BCUT2D eigenvalue weighted by atomic mass is 16.2. The van der Waals surface area contributed by atoms with Gasteiger partial charge in [-0.15, -0.1) is 15.3 Å². The number of hydrogen-bond donors (Lipinski definition) is 1. The van der Waals surface area contributed by atoms with Crippen molar-refractivity contribution in [2.24, 2.45) is 0 Å². The van der Waals surface area contributed by atoms with E-state index in [0.29, 0.717) is 11.6 Å². The van der Waals surface area contributed by atoms with Crippen LogP contribution >= 0.6 is 0 Å². The summed E-state index contributed by atoms with van der Waals surface area (Å²) in [4.78, 5) is 20.4. The van der Waals surface area contributed by atoms with Gasteiger partial charge in [-0.2, -0.15) is 4.98 Å². The Bertz CT molecular complexity index is 1020. The quantitative estimate of drug-likeness (QED) is 0.588. The topological polar surface area (TPSA) is 102 Å². The predicted octanol–water partition coefficient (Wildman–Crippen LogP) is 0.405. The first-order chi connectivity index (χ1) is 11.2. The summed E-state index contributed by atoms with van der Waals surface area (Å²) in [6.07, 6.45) is 3.47. The maximum Gasteiger partial charge on any atom is 0.291 e. The van der Waals surface area contributed by atoms with Crippen LogP contribution in [-0.4, -0.2) is 40.1 Å². The van der Waals surface area contributed by atoms with Gasteiger partial charge in [0.05, 0.1) is 6.54 Å². The van der Waals surface area contributed by atoms with Crippen LogP contribution in [0.4, 0.5) is 0 Å². The first kappa shape index (κ1) is 13.3. The largest absolute Gasteiger partial charge is 0.342 e. The average molecular weight is 308 g/mol. The summed E-state index contributed by atoms with van der Waals surface area (Å²) >= 11 is 0. The van der Waals surface area contributed by atoms with Crippen molar-refractivity contribution in [1.82, 2.24) is 39.5 Å². The van der Waals surface area contributed by atoms with Gasteiger partial charge in [0.1, 0.15) is 0 Å². The third-order valence-electron chi connectivity index (χ3n) is 3.42. The first-order valence-corrected chi connectivity index (χ1v) is 6.97. The summed E-state index contributed by atoms with van der Waals surface area (Å²) in [7, 11) is 0. The van der Waals surface area contributed by atoms with Crippen molar-refractivity contribution < 1.29 is 4.79 Å². The number of aromatic nitrogens is 7. The minimum Gasteiger partial charge on any atom is -0.342 e. The van der Waals surface area contributed by atoms with Gasteiger partial charge in [0, 0.05) is 18.1 Å². The summed E-state index contributed by atoms with van der Waals surface area (Å²) in [6.45, 7) is 2.10. The molecule has 9 heteroatoms. The molecule has 0 atom stereocenters. The van der Waals surface area contributed by atoms with Crippen molar-refractivity contribution in [3.63, 3.8) is 0 Å². The molecule has 0 fully saturated rings. The van der Waals surface area contributed by atoms with Gasteiger partial charge in [-0.25, -0.2) is 9.50 Å². The van der Waals surface area contributed by atoms with Gasteiger partial charge < -0.3 is 5.32 Å². The lowest BCUT2D eigenvalue weighted by molar-refractivity contribution is 0.0939. The van der Waals surface area contributed by atoms with E-state index in [2.05, 4.69) is 30.6 Å². The first-order valence-electron chi connectivity index (χ1n) is 6.97. The highest BCUT2D eigenvalue weighted by Crippen LogP contribution is 2.04. The highest BCUT2D eigenvalue weighted by molar-refractivity contribution is 5.90. The molecule has 4 rings (SSSR count). The lowest BCUT2D eigenvalue weighted by Crippen LogP contribution is -2.25. The van der Waals surface area contributed by atoms with E-state index in [0.717, 1.165) is 11.3 Å². The van der Waals surface area contributed by atoms with Gasteiger partial charge >= 0.3 is 0 Å². The van der Waals surface area contributed by atoms with Gasteiger partial charge in [0.15, 0.2) is 11.5 Å². The molecule has 0 bridgehead atoms. The molecule has 0 saturated heterocycles. The third-order valence-corrected chi connectivity index (χ3v) is 3.42. The summed E-state index contributed by atoms with van der Waals surface area (Å²) in [6, 6.07) is 7.39. The molecule has 1 N–H and O–H groups in total. The zero-order chi connectivity index (χ0) is 15.8. The van der Waals surface area contributed by atoms with Crippen LogP contribution < -0.4 is 5.32 Å². The molecule has 0 saturated carbocycles. The normalized spacial score (nSPS) is 11.2. The molecule has 0 radical (unpaired) electrons. The van der Waals surface area contributed by atoms with Crippen molar-refractivity contribution in [1.29, 1.82) is 0 Å². The second kappa shape index (κ2) is 5.13. The second-order valence-corrected chi connectivity index (χ2v) is 4.96. The zero-order valence-corrected chi connectivity index (χ0v) is 12.2. The number of rotatable bonds is 3. The maximum absolute atomic E-state index is 12.2. The molecule has 0 aromatic carbocycles. The molecule has 4 aromatic heterocycles. The lowest BCUT2D eigenvalue weighted by Gasteiger charge is -2.01. The summed E-state index contributed by atoms with van der Waals surface area (Å²) < 4.78 is 3.34. The smallest absolute Gasteiger partial charge is 0.291 e. The molecular formula is C14H12N8O. The van der Waals surface area contributed by atoms with Gasteiger partial charge in [-0.1, -0.05) is 6.07 Å². The maximum atomic E-state index is 12.2. The number of carbonyl (C=O) groups is 1. The Hall–Kier alpha value is -3.36. The molecular weight excluding hydrogens is 296 g/mol. The predicted molar refractivity (Wildman–Crippen MR) is 79.7 cm³/mol. The number of hydrogen-bond acceptors (Lipinski definition) is 6. The number of nitrogens with one attached hydrogen (secondary N) is 1. The van der Waals surface area contributed by atoms with Crippen LogP contribution in [0.5, 0.6) is 0 Å². The Labute approximate surface area is 130 Å². The van der Waals surface area contributed by atoms with Crippen molar-refractivity contribution in [3.8, 4) is 0 Å². The summed E-state index contributed by atoms with van der Waals surface area (Å²) in [5, 5.41) is 15.0. The fraction of sp³-hybridized carbons (Fsp3) is 0.143. The summed E-state index contributed by atoms with van der Waals surface area (Å²) in [5.41, 5.74) is 1.58. The van der Waals surface area contributed by atoms with Crippen LogP contribution in [0.2, 0.25) is 0 Å². The van der Waals surface area contributed by atoms with Crippen LogP contribution in [0.3, 0.4) is 0 Å². The number of amides is 1. The molecule has 0 spiro atoms. The van der Waals surface area contributed by atoms with Crippen LogP contribution in [0.15, 0.2) is 36.7 Å². The fourth-order valence-corrected chi connectivity index (χ4v) is 2.25. The lowest BCUT2D eigenvalue weighted by atomic mass is 10.4. The number of fused-ring (bicyclic) bond motifs is 2. The Kier molecular flexibility index (Phi) is 2.97. The number of pyridine rings is 1. The van der Waals surface area contributed by atoms with E-state index < -0.39 is 0 Å². The Balaban J connectivity index is 1.56. The van der Waals surface area contributed by atoms with E-state index in [1.807, 2.05) is 35.7 Å². The third kappa shape index (κ3) is 2.27. The van der Waals surface area contributed by atoms with E-state index in [9.17, 15) is 4.79 Å². The number of aryl methyl sites for hydroxylation is 1. The fourth-order valence-electron chi connectivity index (χ4n) is 2.25. The van der Waals surface area contributed by atoms with E-state index in [4.69, 9.17) is 0 Å². The number of carbonyl (C=O) groups excluding carboxylic acids is 1. The minimum atomic E-state index is -0.386. The van der Waals surface area contributed by atoms with E-state index in [1.54, 1.807) is 12.3 Å². The zero-order valence-electron chi connectivity index (χ0n) is 12.2. The van der Waals surface area contributed by atoms with E-state index >= 15 is 0 Å². The standard InChI is InChI=1S/C14H12N8O/c1-9-5-6-15-14-17-12(20-22(9)14)13(23)16-8-11-19-18-10-4-2-3-7-21(10)11/h2-7H,8H2,1H3,(H,16,23). The molecule has 0 aliphatic rings. The van der Waals surface area contributed by atoms with Crippen LogP contribution in [0, 0.1) is 6.92 Å². The van der Waals surface area contributed by atoms with Crippen molar-refractivity contribution in [3.05, 3.63) is 54.0 Å². The molecule has 114 valence electrons. The molecule has 23 heavy (non-hydrogen) atoms. The van der Waals surface area contributed by atoms with Gasteiger partial charge in [-0.05, 0) is 25.1 Å². The van der Waals surface area contributed by atoms with Gasteiger partial charge in [0.25, 0.3) is 11.7 Å². The minimum absolute atomic E-state index is 0.0700. The van der Waals surface area contributed by atoms with E-state index in [-0.39, 0.29) is 18.3 Å². The molecule has 0 aliphatic carbocycles. The average Bonchev–Trinajstić information content (AvgIpc) is 3.17. The molecule has 9 nitrogen and oxygen atoms in total. The highest BCUT2D eigenvalue weighted by Gasteiger charge is 2.15. The summed E-state index contributed by atoms with van der Waals surface area (Å²) in [5.74, 6) is 0.707. The van der Waals surface area contributed by atoms with E-state index in [1.165, 1.54) is 4.52 Å². The molecule has 4 heterocycles. The van der Waals surface area contributed by atoms with Gasteiger partial charge in [-0.3, -0.25) is 9.20 Å².